The molecule has 2 aromatic rings. The van der Waals surface area contributed by atoms with Crippen LogP contribution in [0.2, 0.25) is 0 Å². The van der Waals surface area contributed by atoms with Gasteiger partial charge in [0.25, 0.3) is 0 Å². The average Bonchev–Trinajstić information content (AvgIpc) is 3.36. The van der Waals surface area contributed by atoms with E-state index < -0.39 is 12.0 Å². The number of halogens is 1. The van der Waals surface area contributed by atoms with Crippen molar-refractivity contribution in [3.63, 3.8) is 0 Å². The normalized spacial score (nSPS) is 21.3. The number of hydrogen-bond acceptors (Lipinski definition) is 4. The van der Waals surface area contributed by atoms with Crippen LogP contribution in [0.4, 0.5) is 10.1 Å². The highest BCUT2D eigenvalue weighted by atomic mass is 19.1. The zero-order valence-electron chi connectivity index (χ0n) is 19.1. The molecule has 0 saturated carbocycles. The molecule has 2 aliphatic heterocycles. The van der Waals surface area contributed by atoms with Gasteiger partial charge in [-0.15, -0.1) is 0 Å². The number of rotatable bonds is 8. The van der Waals surface area contributed by atoms with Crippen molar-refractivity contribution in [3.8, 4) is 5.75 Å². The highest BCUT2D eigenvalue weighted by Gasteiger charge is 2.41. The monoisotopic (exact) mass is 453 g/mol. The fraction of sp³-hybridized carbons (Fsp3) is 0.462. The molecule has 0 radical (unpaired) electrons. The molecule has 2 atom stereocenters. The van der Waals surface area contributed by atoms with Crippen LogP contribution in [-0.2, 0) is 9.59 Å². The largest absolute Gasteiger partial charge is 0.497 e. The lowest BCUT2D eigenvalue weighted by atomic mass is 9.83. The van der Waals surface area contributed by atoms with E-state index >= 15 is 0 Å². The summed E-state index contributed by atoms with van der Waals surface area (Å²) in [5.41, 5.74) is 1.44. The van der Waals surface area contributed by atoms with Gasteiger partial charge in [-0.3, -0.25) is 9.59 Å². The Morgan fingerprint density at radius 1 is 1.09 bits per heavy atom. The number of nitrogens with zero attached hydrogens (tertiary/aromatic N) is 2. The summed E-state index contributed by atoms with van der Waals surface area (Å²) in [6.45, 7) is 3.88. The van der Waals surface area contributed by atoms with Crippen molar-refractivity contribution in [1.29, 1.82) is 0 Å². The van der Waals surface area contributed by atoms with Crippen molar-refractivity contribution in [3.05, 3.63) is 59.9 Å². The Hall–Kier alpha value is -2.93. The van der Waals surface area contributed by atoms with Crippen LogP contribution in [0.15, 0.2) is 48.5 Å². The third kappa shape index (κ3) is 5.53. The molecule has 2 heterocycles. The maximum absolute atomic E-state index is 13.6. The Morgan fingerprint density at radius 2 is 1.79 bits per heavy atom. The number of anilines is 1. The Balaban J connectivity index is 1.54. The van der Waals surface area contributed by atoms with Crippen molar-refractivity contribution in [2.75, 3.05) is 38.2 Å². The molecule has 33 heavy (non-hydrogen) atoms. The number of amides is 2. The first-order chi connectivity index (χ1) is 16.1. The number of methoxy groups -OCH3 is 1. The third-order valence-electron chi connectivity index (χ3n) is 6.65. The lowest BCUT2D eigenvalue weighted by molar-refractivity contribution is -0.129. The summed E-state index contributed by atoms with van der Waals surface area (Å²) in [7, 11) is 1.59. The van der Waals surface area contributed by atoms with Crippen LogP contribution in [0, 0.1) is 11.7 Å². The number of ether oxygens (including phenoxy) is 1. The minimum atomic E-state index is -0.501. The van der Waals surface area contributed by atoms with Gasteiger partial charge in [-0.1, -0.05) is 12.1 Å². The van der Waals surface area contributed by atoms with Crippen molar-refractivity contribution in [1.82, 2.24) is 10.2 Å². The molecule has 0 spiro atoms. The molecular formula is C26H32FN3O3. The molecule has 0 unspecified atom stereocenters. The Kier molecular flexibility index (Phi) is 7.60. The zero-order chi connectivity index (χ0) is 23.2. The molecule has 7 heteroatoms. The minimum absolute atomic E-state index is 0.0485. The van der Waals surface area contributed by atoms with Crippen LogP contribution in [0.25, 0.3) is 0 Å². The number of nitrogens with one attached hydrogen (secondary N) is 1. The molecular weight excluding hydrogens is 421 g/mol. The lowest BCUT2D eigenvalue weighted by Crippen LogP contribution is -2.48. The quantitative estimate of drug-likeness (QED) is 0.616. The molecule has 1 N–H and O–H groups in total. The van der Waals surface area contributed by atoms with Crippen molar-refractivity contribution in [2.24, 2.45) is 5.92 Å². The summed E-state index contributed by atoms with van der Waals surface area (Å²) >= 11 is 0. The van der Waals surface area contributed by atoms with Gasteiger partial charge in [-0.25, -0.2) is 4.39 Å². The number of hydrogen-bond donors (Lipinski definition) is 1. The van der Waals surface area contributed by atoms with Gasteiger partial charge < -0.3 is 19.9 Å². The molecule has 176 valence electrons. The van der Waals surface area contributed by atoms with Crippen molar-refractivity contribution in [2.45, 2.75) is 38.1 Å². The number of benzene rings is 2. The molecule has 2 fully saturated rings. The van der Waals surface area contributed by atoms with Gasteiger partial charge in [0.05, 0.1) is 19.1 Å². The molecule has 0 aliphatic carbocycles. The first kappa shape index (κ1) is 23.2. The van der Waals surface area contributed by atoms with Gasteiger partial charge in [-0.05, 0) is 87.3 Å². The van der Waals surface area contributed by atoms with E-state index in [0.717, 1.165) is 31.6 Å². The second kappa shape index (κ2) is 10.8. The van der Waals surface area contributed by atoms with Crippen LogP contribution in [0.3, 0.4) is 0 Å². The Morgan fingerprint density at radius 3 is 2.45 bits per heavy atom. The van der Waals surface area contributed by atoms with Gasteiger partial charge in [0, 0.05) is 18.7 Å². The van der Waals surface area contributed by atoms with Crippen molar-refractivity contribution >= 4 is 17.5 Å². The van der Waals surface area contributed by atoms with Gasteiger partial charge in [-0.2, -0.15) is 0 Å². The van der Waals surface area contributed by atoms with Crippen LogP contribution in [0.5, 0.6) is 5.75 Å². The molecule has 6 nitrogen and oxygen atoms in total. The Bertz CT molecular complexity index is 942. The van der Waals surface area contributed by atoms with Gasteiger partial charge >= 0.3 is 0 Å². The fourth-order valence-corrected chi connectivity index (χ4v) is 4.91. The lowest BCUT2D eigenvalue weighted by Gasteiger charge is -2.41. The maximum Gasteiger partial charge on any atom is 0.227 e. The van der Waals surface area contributed by atoms with Crippen LogP contribution in [-0.4, -0.2) is 50.0 Å². The van der Waals surface area contributed by atoms with E-state index in [2.05, 4.69) is 10.2 Å². The Labute approximate surface area is 194 Å². The number of piperidine rings is 1. The average molecular weight is 454 g/mol. The third-order valence-corrected chi connectivity index (χ3v) is 6.65. The summed E-state index contributed by atoms with van der Waals surface area (Å²) in [4.78, 5) is 30.4. The fourth-order valence-electron chi connectivity index (χ4n) is 4.91. The van der Waals surface area contributed by atoms with Gasteiger partial charge in [0.15, 0.2) is 0 Å². The standard InChI is InChI=1S/C26H32FN3O3/c1-33-22-11-9-21(10-12-22)30-24(31)14-13-23(25(30)19-5-7-20(27)8-6-19)26(32)28-15-4-18-29-16-2-3-17-29/h5-12,23,25H,2-4,13-18H2,1H3,(H,28,32)/t23-,25-/m1/s1. The molecule has 2 aromatic carbocycles. The topological polar surface area (TPSA) is 61.9 Å². The number of likely N-dealkylation sites (tertiary alicyclic amines) is 1. The van der Waals surface area contributed by atoms with E-state index in [0.29, 0.717) is 24.4 Å². The molecule has 0 aromatic heterocycles. The van der Waals surface area contributed by atoms with E-state index in [1.807, 2.05) is 12.1 Å². The number of carbonyl (C=O) groups excluding carboxylic acids is 2. The summed E-state index contributed by atoms with van der Waals surface area (Å²) in [5.74, 6) is -0.181. The summed E-state index contributed by atoms with van der Waals surface area (Å²) in [5, 5.41) is 3.09. The summed E-state index contributed by atoms with van der Waals surface area (Å²) < 4.78 is 18.9. The van der Waals surface area contributed by atoms with Crippen molar-refractivity contribution < 1.29 is 18.7 Å². The summed E-state index contributed by atoms with van der Waals surface area (Å²) in [6.07, 6.45) is 4.16. The van der Waals surface area contributed by atoms with Crippen LogP contribution < -0.4 is 15.0 Å². The summed E-state index contributed by atoms with van der Waals surface area (Å²) in [6, 6.07) is 12.8. The van der Waals surface area contributed by atoms with Crippen LogP contribution in [0.1, 0.15) is 43.7 Å². The smallest absolute Gasteiger partial charge is 0.227 e. The second-order valence-corrected chi connectivity index (χ2v) is 8.80. The predicted octanol–water partition coefficient (Wildman–Crippen LogP) is 3.92. The van der Waals surface area contributed by atoms with Crippen LogP contribution >= 0.6 is 0 Å². The SMILES string of the molecule is COc1ccc(N2C(=O)CC[C@@H](C(=O)NCCCN3CCCC3)[C@H]2c2ccc(F)cc2)cc1. The molecule has 4 rings (SSSR count). The highest BCUT2D eigenvalue weighted by Crippen LogP contribution is 2.40. The first-order valence-corrected chi connectivity index (χ1v) is 11.8. The molecule has 2 aliphatic rings. The minimum Gasteiger partial charge on any atom is -0.497 e. The second-order valence-electron chi connectivity index (χ2n) is 8.80. The molecule has 2 amide bonds. The van der Waals surface area contributed by atoms with Gasteiger partial charge in [0.1, 0.15) is 11.6 Å². The molecule has 2 saturated heterocycles. The maximum atomic E-state index is 13.6. The van der Waals surface area contributed by atoms with E-state index in [-0.39, 0.29) is 24.1 Å². The van der Waals surface area contributed by atoms with E-state index in [9.17, 15) is 14.0 Å². The first-order valence-electron chi connectivity index (χ1n) is 11.8. The number of carbonyl (C=O) groups is 2. The molecule has 0 bridgehead atoms. The predicted molar refractivity (Wildman–Crippen MR) is 126 cm³/mol. The van der Waals surface area contributed by atoms with E-state index in [1.54, 1.807) is 36.3 Å². The van der Waals surface area contributed by atoms with Gasteiger partial charge in [0.2, 0.25) is 11.8 Å². The zero-order valence-corrected chi connectivity index (χ0v) is 19.1. The highest BCUT2D eigenvalue weighted by molar-refractivity contribution is 5.97. The van der Waals surface area contributed by atoms with E-state index in [4.69, 9.17) is 4.74 Å². The van der Waals surface area contributed by atoms with E-state index in [1.165, 1.54) is 25.0 Å².